The maximum atomic E-state index is 12.6. The molecular formula is C21H34O4Si. The van der Waals surface area contributed by atoms with Crippen molar-refractivity contribution in [1.82, 2.24) is 0 Å². The van der Waals surface area contributed by atoms with Crippen LogP contribution in [0.4, 0.5) is 0 Å². The normalized spacial score (nSPS) is 27.1. The van der Waals surface area contributed by atoms with Crippen molar-refractivity contribution in [1.29, 1.82) is 0 Å². The summed E-state index contributed by atoms with van der Waals surface area (Å²) in [6, 6.07) is 10.1. The molecule has 1 fully saturated rings. The number of ketones is 1. The van der Waals surface area contributed by atoms with Crippen LogP contribution in [0.1, 0.15) is 39.7 Å². The largest absolute Gasteiger partial charge is 0.410 e. The van der Waals surface area contributed by atoms with Gasteiger partial charge in [0, 0.05) is 18.9 Å². The predicted octanol–water partition coefficient (Wildman–Crippen LogP) is 4.59. The first kappa shape index (κ1) is 21.3. The van der Waals surface area contributed by atoms with Crippen molar-refractivity contribution < 1.29 is 18.7 Å². The van der Waals surface area contributed by atoms with Crippen LogP contribution in [0.5, 0.6) is 0 Å². The molecule has 0 heterocycles. The van der Waals surface area contributed by atoms with Gasteiger partial charge < -0.3 is 13.9 Å². The first-order chi connectivity index (χ1) is 12.0. The van der Waals surface area contributed by atoms with Gasteiger partial charge in [-0.25, -0.2) is 0 Å². The third-order valence-electron chi connectivity index (χ3n) is 5.88. The van der Waals surface area contributed by atoms with E-state index in [1.165, 1.54) is 0 Å². The number of carbonyl (C=O) groups is 1. The summed E-state index contributed by atoms with van der Waals surface area (Å²) in [6.45, 7) is 14.2. The summed E-state index contributed by atoms with van der Waals surface area (Å²) < 4.78 is 18.2. The molecule has 0 aromatic heterocycles. The number of rotatable bonds is 7. The second-order valence-corrected chi connectivity index (χ2v) is 14.0. The van der Waals surface area contributed by atoms with Gasteiger partial charge in [-0.2, -0.15) is 0 Å². The van der Waals surface area contributed by atoms with Crippen molar-refractivity contribution in [3.63, 3.8) is 0 Å². The fourth-order valence-corrected chi connectivity index (χ4v) is 4.59. The van der Waals surface area contributed by atoms with Gasteiger partial charge in [0.05, 0.1) is 19.3 Å². The molecule has 0 aliphatic heterocycles. The molecule has 5 heteroatoms. The lowest BCUT2D eigenvalue weighted by Gasteiger charge is -2.43. The zero-order valence-electron chi connectivity index (χ0n) is 17.3. The lowest BCUT2D eigenvalue weighted by atomic mass is 9.87. The molecule has 26 heavy (non-hydrogen) atoms. The molecule has 0 saturated heterocycles. The average molecular weight is 379 g/mol. The quantitative estimate of drug-likeness (QED) is 0.651. The van der Waals surface area contributed by atoms with Gasteiger partial charge in [-0.05, 0) is 23.7 Å². The Balaban J connectivity index is 2.13. The van der Waals surface area contributed by atoms with Crippen molar-refractivity contribution in [2.24, 2.45) is 5.41 Å². The van der Waals surface area contributed by atoms with E-state index in [0.717, 1.165) is 5.56 Å². The first-order valence-corrected chi connectivity index (χ1v) is 12.3. The maximum Gasteiger partial charge on any atom is 0.192 e. The van der Waals surface area contributed by atoms with Crippen LogP contribution in [0.2, 0.25) is 18.1 Å². The van der Waals surface area contributed by atoms with E-state index in [4.69, 9.17) is 13.9 Å². The van der Waals surface area contributed by atoms with E-state index in [0.29, 0.717) is 19.6 Å². The highest BCUT2D eigenvalue weighted by Crippen LogP contribution is 2.45. The van der Waals surface area contributed by atoms with Crippen LogP contribution in [0.15, 0.2) is 30.3 Å². The number of carbonyl (C=O) groups excluding carboxylic acids is 1. The lowest BCUT2D eigenvalue weighted by Crippen LogP contribution is -2.51. The van der Waals surface area contributed by atoms with Crippen LogP contribution >= 0.6 is 0 Å². The Labute approximate surface area is 159 Å². The summed E-state index contributed by atoms with van der Waals surface area (Å²) in [5, 5.41) is 0.0722. The molecule has 1 aliphatic carbocycles. The van der Waals surface area contributed by atoms with E-state index in [-0.39, 0.29) is 22.3 Å². The van der Waals surface area contributed by atoms with E-state index in [1.54, 1.807) is 7.11 Å². The first-order valence-electron chi connectivity index (χ1n) is 9.35. The molecule has 146 valence electrons. The molecule has 4 nitrogen and oxygen atoms in total. The van der Waals surface area contributed by atoms with Crippen LogP contribution in [0.25, 0.3) is 0 Å². The zero-order valence-corrected chi connectivity index (χ0v) is 18.3. The molecule has 0 unspecified atom stereocenters. The smallest absolute Gasteiger partial charge is 0.192 e. The van der Waals surface area contributed by atoms with Crippen molar-refractivity contribution in [3.8, 4) is 0 Å². The van der Waals surface area contributed by atoms with E-state index in [1.807, 2.05) is 30.3 Å². The molecule has 1 aliphatic rings. The Hall–Kier alpha value is -1.01. The Morgan fingerprint density at radius 3 is 2.35 bits per heavy atom. The molecule has 0 radical (unpaired) electrons. The topological polar surface area (TPSA) is 44.8 Å². The third kappa shape index (κ3) is 4.63. The number of ether oxygens (including phenoxy) is 2. The molecule has 0 N–H and O–H groups in total. The Morgan fingerprint density at radius 2 is 1.81 bits per heavy atom. The fraction of sp³-hybridized carbons (Fsp3) is 0.667. The minimum Gasteiger partial charge on any atom is -0.410 e. The number of methoxy groups -OCH3 is 1. The minimum atomic E-state index is -2.04. The summed E-state index contributed by atoms with van der Waals surface area (Å²) >= 11 is 0. The maximum absolute atomic E-state index is 12.6. The highest BCUT2D eigenvalue weighted by atomic mass is 28.4. The van der Waals surface area contributed by atoms with Gasteiger partial charge in [0.2, 0.25) is 0 Å². The molecule has 0 bridgehead atoms. The van der Waals surface area contributed by atoms with Crippen LogP contribution < -0.4 is 0 Å². The van der Waals surface area contributed by atoms with Gasteiger partial charge in [-0.15, -0.1) is 0 Å². The van der Waals surface area contributed by atoms with E-state index in [9.17, 15) is 4.79 Å². The van der Waals surface area contributed by atoms with Crippen LogP contribution in [0, 0.1) is 5.41 Å². The zero-order chi connectivity index (χ0) is 19.6. The van der Waals surface area contributed by atoms with Crippen LogP contribution in [0.3, 0.4) is 0 Å². The number of benzene rings is 1. The Bertz CT molecular complexity index is 608. The molecule has 0 amide bonds. The minimum absolute atomic E-state index is 0.0722. The van der Waals surface area contributed by atoms with E-state index >= 15 is 0 Å². The molecule has 1 aromatic rings. The fourth-order valence-electron chi connectivity index (χ4n) is 3.20. The van der Waals surface area contributed by atoms with Crippen LogP contribution in [-0.2, 0) is 25.3 Å². The average Bonchev–Trinajstić information content (AvgIpc) is 2.77. The van der Waals surface area contributed by atoms with Gasteiger partial charge in [0.25, 0.3) is 0 Å². The highest BCUT2D eigenvalue weighted by molar-refractivity contribution is 6.74. The summed E-state index contributed by atoms with van der Waals surface area (Å²) in [5.41, 5.74) is 0.757. The molecule has 1 saturated carbocycles. The van der Waals surface area contributed by atoms with E-state index < -0.39 is 14.4 Å². The monoisotopic (exact) mass is 378 g/mol. The number of hydrogen-bond acceptors (Lipinski definition) is 4. The SMILES string of the molecule is CO[C@H]1C(=O)C[C@@](C)(COCc2ccccc2)[C@@H]1O[Si](C)(C)C(C)(C)C. The molecular weight excluding hydrogens is 344 g/mol. The summed E-state index contributed by atoms with van der Waals surface area (Å²) in [7, 11) is -0.439. The van der Waals surface area contributed by atoms with Gasteiger partial charge in [0.15, 0.2) is 14.1 Å². The second kappa shape index (κ2) is 7.93. The lowest BCUT2D eigenvalue weighted by molar-refractivity contribution is -0.129. The van der Waals surface area contributed by atoms with Gasteiger partial charge in [-0.3, -0.25) is 4.79 Å². The Morgan fingerprint density at radius 1 is 1.19 bits per heavy atom. The third-order valence-corrected chi connectivity index (χ3v) is 10.3. The van der Waals surface area contributed by atoms with Gasteiger partial charge in [-0.1, -0.05) is 58.0 Å². The summed E-state index contributed by atoms with van der Waals surface area (Å²) in [4.78, 5) is 12.6. The van der Waals surface area contributed by atoms with Gasteiger partial charge >= 0.3 is 0 Å². The van der Waals surface area contributed by atoms with Crippen molar-refractivity contribution in [3.05, 3.63) is 35.9 Å². The standard InChI is InChI=1S/C21H34O4Si/c1-20(2,3)26(6,7)25-19-18(23-5)17(22)13-21(19,4)15-24-14-16-11-9-8-10-12-16/h8-12,18-19H,13-15H2,1-7H3/t18-,19+,21-/m0/s1. The number of hydrogen-bond donors (Lipinski definition) is 0. The van der Waals surface area contributed by atoms with Crippen molar-refractivity contribution in [2.45, 2.75) is 71.1 Å². The van der Waals surface area contributed by atoms with E-state index in [2.05, 4.69) is 40.8 Å². The summed E-state index contributed by atoms with van der Waals surface area (Å²) in [5.74, 6) is 0.113. The number of Topliss-reactive ketones (excluding diaryl/α,β-unsaturated/α-hetero) is 1. The molecule has 0 spiro atoms. The van der Waals surface area contributed by atoms with Crippen LogP contribution in [-0.4, -0.2) is 40.0 Å². The molecule has 2 rings (SSSR count). The summed E-state index contributed by atoms with van der Waals surface area (Å²) in [6.07, 6.45) is -0.342. The Kier molecular flexibility index (Phi) is 6.49. The van der Waals surface area contributed by atoms with Crippen molar-refractivity contribution in [2.75, 3.05) is 13.7 Å². The van der Waals surface area contributed by atoms with Crippen molar-refractivity contribution >= 4 is 14.1 Å². The predicted molar refractivity (Wildman–Crippen MR) is 107 cm³/mol. The molecule has 1 aromatic carbocycles. The van der Waals surface area contributed by atoms with Gasteiger partial charge in [0.1, 0.15) is 6.10 Å². The second-order valence-electron chi connectivity index (χ2n) is 9.23. The molecule has 3 atom stereocenters. The highest BCUT2D eigenvalue weighted by Gasteiger charge is 2.55.